The zero-order valence-electron chi connectivity index (χ0n) is 7.94. The molecule has 0 aromatic heterocycles. The number of nitrogens with two attached hydrogens (primary N) is 1. The molecule has 1 aromatic carbocycles. The summed E-state index contributed by atoms with van der Waals surface area (Å²) in [6.07, 6.45) is 0. The molecule has 0 bridgehead atoms. The van der Waals surface area contributed by atoms with E-state index < -0.39 is 10.3 Å². The van der Waals surface area contributed by atoms with Crippen LogP contribution in [0.2, 0.25) is 5.02 Å². The third kappa shape index (κ3) is 4.05. The predicted molar refractivity (Wildman–Crippen MR) is 55.9 cm³/mol. The summed E-state index contributed by atoms with van der Waals surface area (Å²) < 4.78 is 30.6. The van der Waals surface area contributed by atoms with Gasteiger partial charge in [0.15, 0.2) is 0 Å². The molecule has 1 aromatic rings. The average Bonchev–Trinajstić information content (AvgIpc) is 2.14. The summed E-state index contributed by atoms with van der Waals surface area (Å²) in [5.41, 5.74) is 0.513. The Balaban J connectivity index is 2.88. The van der Waals surface area contributed by atoms with Crippen LogP contribution >= 0.6 is 11.6 Å². The Bertz CT molecular complexity index is 446. The second-order valence-corrected chi connectivity index (χ2v) is 4.37. The fraction of sp³-hybridized carbons (Fsp3) is 0.250. The lowest BCUT2D eigenvalue weighted by atomic mass is 10.2. The van der Waals surface area contributed by atoms with Gasteiger partial charge in [0.1, 0.15) is 5.75 Å². The van der Waals surface area contributed by atoms with Crippen LogP contribution in [0.3, 0.4) is 0 Å². The minimum absolute atomic E-state index is 0.206. The van der Waals surface area contributed by atoms with E-state index in [0.29, 0.717) is 16.3 Å². The lowest BCUT2D eigenvalue weighted by Gasteiger charge is -2.08. The topological polar surface area (TPSA) is 78.6 Å². The molecule has 0 heterocycles. The van der Waals surface area contributed by atoms with Gasteiger partial charge in [-0.25, -0.2) is 5.14 Å². The molecular weight excluding hydrogens is 242 g/mol. The number of hydrogen-bond donors (Lipinski definition) is 1. The predicted octanol–water partition coefficient (Wildman–Crippen LogP) is 1.07. The maximum absolute atomic E-state index is 10.6. The second-order valence-electron chi connectivity index (χ2n) is 2.71. The highest BCUT2D eigenvalue weighted by molar-refractivity contribution is 7.84. The molecule has 0 atom stereocenters. The summed E-state index contributed by atoms with van der Waals surface area (Å²) in [5, 5.41) is 5.15. The van der Waals surface area contributed by atoms with Crippen LogP contribution < -0.4 is 9.88 Å². The Hall–Kier alpha value is -0.820. The van der Waals surface area contributed by atoms with Gasteiger partial charge in [0, 0.05) is 10.6 Å². The zero-order valence-corrected chi connectivity index (χ0v) is 9.51. The molecule has 0 aliphatic carbocycles. The van der Waals surface area contributed by atoms with Crippen LogP contribution in [-0.4, -0.2) is 15.5 Å². The molecule has 0 saturated heterocycles. The van der Waals surface area contributed by atoms with E-state index in [0.717, 1.165) is 0 Å². The van der Waals surface area contributed by atoms with Crippen LogP contribution in [0.4, 0.5) is 0 Å². The summed E-state index contributed by atoms with van der Waals surface area (Å²) in [6.45, 7) is -0.206. The number of benzene rings is 1. The Kier molecular flexibility index (Phi) is 3.92. The van der Waals surface area contributed by atoms with Gasteiger partial charge in [0.05, 0.1) is 13.7 Å². The molecule has 1 rings (SSSR count). The van der Waals surface area contributed by atoms with E-state index in [1.807, 2.05) is 0 Å². The van der Waals surface area contributed by atoms with E-state index >= 15 is 0 Å². The number of methoxy groups -OCH3 is 1. The maximum atomic E-state index is 10.6. The first-order chi connectivity index (χ1) is 6.92. The van der Waals surface area contributed by atoms with Crippen molar-refractivity contribution in [1.82, 2.24) is 0 Å². The number of ether oxygens (including phenoxy) is 1. The summed E-state index contributed by atoms with van der Waals surface area (Å²) in [5.74, 6) is 0.489. The molecular formula is C8H10ClNO4S. The van der Waals surface area contributed by atoms with Gasteiger partial charge in [-0.3, -0.25) is 4.18 Å². The highest BCUT2D eigenvalue weighted by Crippen LogP contribution is 2.23. The maximum Gasteiger partial charge on any atom is 0.333 e. The number of hydrogen-bond acceptors (Lipinski definition) is 4. The Morgan fingerprint density at radius 1 is 1.47 bits per heavy atom. The van der Waals surface area contributed by atoms with Gasteiger partial charge in [-0.1, -0.05) is 11.6 Å². The highest BCUT2D eigenvalue weighted by atomic mass is 35.5. The second kappa shape index (κ2) is 4.80. The monoisotopic (exact) mass is 251 g/mol. The van der Waals surface area contributed by atoms with Gasteiger partial charge in [0.2, 0.25) is 0 Å². The molecule has 2 N–H and O–H groups in total. The van der Waals surface area contributed by atoms with Gasteiger partial charge >= 0.3 is 10.3 Å². The number of rotatable bonds is 4. The zero-order chi connectivity index (χ0) is 11.5. The summed E-state index contributed by atoms with van der Waals surface area (Å²) in [4.78, 5) is 0. The van der Waals surface area contributed by atoms with E-state index in [2.05, 4.69) is 9.32 Å². The lowest BCUT2D eigenvalue weighted by molar-refractivity contribution is 0.300. The SMILES string of the molecule is COc1ccc(Cl)cc1COS(N)(=O)=O. The summed E-state index contributed by atoms with van der Waals surface area (Å²) >= 11 is 5.73. The molecule has 0 spiro atoms. The van der Waals surface area contributed by atoms with Crippen molar-refractivity contribution in [3.8, 4) is 5.75 Å². The lowest BCUT2D eigenvalue weighted by Crippen LogP contribution is -2.15. The smallest absolute Gasteiger partial charge is 0.333 e. The summed E-state index contributed by atoms with van der Waals surface area (Å²) in [6, 6.07) is 4.79. The minimum atomic E-state index is -3.96. The van der Waals surface area contributed by atoms with E-state index in [9.17, 15) is 8.42 Å². The molecule has 15 heavy (non-hydrogen) atoms. The molecule has 0 aliphatic heterocycles. The van der Waals surface area contributed by atoms with Crippen molar-refractivity contribution in [2.75, 3.05) is 7.11 Å². The largest absolute Gasteiger partial charge is 0.496 e. The van der Waals surface area contributed by atoms with Gasteiger partial charge in [-0.05, 0) is 18.2 Å². The van der Waals surface area contributed by atoms with E-state index in [-0.39, 0.29) is 6.61 Å². The molecule has 5 nitrogen and oxygen atoms in total. The first-order valence-corrected chi connectivity index (χ1v) is 5.77. The Labute approximate surface area is 93.0 Å². The van der Waals surface area contributed by atoms with Crippen LogP contribution in [-0.2, 0) is 21.1 Å². The van der Waals surface area contributed by atoms with Crippen molar-refractivity contribution in [2.45, 2.75) is 6.61 Å². The normalized spacial score (nSPS) is 11.4. The van der Waals surface area contributed by atoms with Crippen molar-refractivity contribution in [1.29, 1.82) is 0 Å². The standard InChI is InChI=1S/C8H10ClNO4S/c1-13-8-3-2-7(9)4-6(8)5-14-15(10,11)12/h2-4H,5H2,1H3,(H2,10,11,12). The van der Waals surface area contributed by atoms with E-state index in [1.54, 1.807) is 18.2 Å². The van der Waals surface area contributed by atoms with Crippen molar-refractivity contribution < 1.29 is 17.3 Å². The van der Waals surface area contributed by atoms with Crippen LogP contribution in [0.25, 0.3) is 0 Å². The molecule has 0 amide bonds. The minimum Gasteiger partial charge on any atom is -0.496 e. The van der Waals surface area contributed by atoms with Crippen molar-refractivity contribution in [3.63, 3.8) is 0 Å². The molecule has 0 aliphatic rings. The van der Waals surface area contributed by atoms with Gasteiger partial charge in [-0.2, -0.15) is 8.42 Å². The molecule has 0 saturated carbocycles. The van der Waals surface area contributed by atoms with Crippen LogP contribution in [0.15, 0.2) is 18.2 Å². The molecule has 0 fully saturated rings. The highest BCUT2D eigenvalue weighted by Gasteiger charge is 2.08. The van der Waals surface area contributed by atoms with Crippen LogP contribution in [0, 0.1) is 0 Å². The fourth-order valence-electron chi connectivity index (χ4n) is 1.01. The van der Waals surface area contributed by atoms with Gasteiger partial charge in [-0.15, -0.1) is 0 Å². The van der Waals surface area contributed by atoms with Crippen molar-refractivity contribution in [2.24, 2.45) is 5.14 Å². The van der Waals surface area contributed by atoms with Crippen molar-refractivity contribution in [3.05, 3.63) is 28.8 Å². The van der Waals surface area contributed by atoms with Crippen LogP contribution in [0.5, 0.6) is 5.75 Å². The van der Waals surface area contributed by atoms with E-state index in [1.165, 1.54) is 7.11 Å². The third-order valence-corrected chi connectivity index (χ3v) is 2.30. The first-order valence-electron chi connectivity index (χ1n) is 3.92. The van der Waals surface area contributed by atoms with Crippen molar-refractivity contribution >= 4 is 21.9 Å². The van der Waals surface area contributed by atoms with E-state index in [4.69, 9.17) is 16.3 Å². The van der Waals surface area contributed by atoms with Gasteiger partial charge in [0.25, 0.3) is 0 Å². The fourth-order valence-corrected chi connectivity index (χ4v) is 1.49. The Morgan fingerprint density at radius 3 is 2.67 bits per heavy atom. The third-order valence-electron chi connectivity index (χ3n) is 1.62. The number of halogens is 1. The molecule has 0 radical (unpaired) electrons. The van der Waals surface area contributed by atoms with Gasteiger partial charge < -0.3 is 4.74 Å². The van der Waals surface area contributed by atoms with Crippen LogP contribution in [0.1, 0.15) is 5.56 Å². The Morgan fingerprint density at radius 2 is 2.13 bits per heavy atom. The molecule has 0 unspecified atom stereocenters. The summed E-state index contributed by atoms with van der Waals surface area (Å²) in [7, 11) is -2.50. The molecule has 7 heteroatoms. The quantitative estimate of drug-likeness (QED) is 0.868. The molecule has 84 valence electrons. The average molecular weight is 252 g/mol. The first kappa shape index (κ1) is 12.3.